The molecule has 23 heavy (non-hydrogen) atoms. The minimum Gasteiger partial charge on any atom is -0.508 e. The van der Waals surface area contributed by atoms with E-state index in [0.717, 1.165) is 0 Å². The van der Waals surface area contributed by atoms with Crippen molar-refractivity contribution >= 4 is 12.2 Å². The van der Waals surface area contributed by atoms with Crippen molar-refractivity contribution in [3.8, 4) is 5.75 Å². The smallest absolute Gasteiger partial charge is 0.115 e. The Morgan fingerprint density at radius 2 is 0.826 bits per heavy atom. The minimum absolute atomic E-state index is 0.322. The zero-order chi connectivity index (χ0) is 16.2. The number of hydrogen-bond donors (Lipinski definition) is 1. The summed E-state index contributed by atoms with van der Waals surface area (Å²) in [6.45, 7) is 0. The van der Waals surface area contributed by atoms with E-state index in [2.05, 4.69) is 48.6 Å². The molecular weight excluding hydrogens is 280 g/mol. The minimum atomic E-state index is 0.322. The van der Waals surface area contributed by atoms with Gasteiger partial charge in [0.05, 0.1) is 0 Å². The lowest BCUT2D eigenvalue weighted by molar-refractivity contribution is 0.475. The molecule has 1 N–H and O–H groups in total. The van der Waals surface area contributed by atoms with Crippen LogP contribution >= 0.6 is 0 Å². The van der Waals surface area contributed by atoms with Crippen LogP contribution < -0.4 is 0 Å². The summed E-state index contributed by atoms with van der Waals surface area (Å²) in [7, 11) is 0. The van der Waals surface area contributed by atoms with E-state index < -0.39 is 0 Å². The maximum Gasteiger partial charge on any atom is 0.115 e. The maximum absolute atomic E-state index is 8.63. The third-order valence-electron chi connectivity index (χ3n) is 3.04. The number of allylic oxidation sites excluding steroid dienone is 2. The fourth-order valence-electron chi connectivity index (χ4n) is 1.89. The number of aromatic hydroxyl groups is 1. The van der Waals surface area contributed by atoms with Crippen molar-refractivity contribution in [2.75, 3.05) is 0 Å². The van der Waals surface area contributed by atoms with Gasteiger partial charge in [-0.2, -0.15) is 0 Å². The zero-order valence-electron chi connectivity index (χ0n) is 12.9. The van der Waals surface area contributed by atoms with E-state index in [-0.39, 0.29) is 0 Å². The fourth-order valence-corrected chi connectivity index (χ4v) is 1.89. The molecule has 0 atom stereocenters. The second kappa shape index (κ2) is 9.80. The molecule has 0 aliphatic rings. The molecule has 0 bridgehead atoms. The first kappa shape index (κ1) is 16.3. The number of hydrogen-bond acceptors (Lipinski definition) is 1. The second-order valence-corrected chi connectivity index (χ2v) is 4.88. The Morgan fingerprint density at radius 1 is 0.478 bits per heavy atom. The van der Waals surface area contributed by atoms with Gasteiger partial charge in [0.15, 0.2) is 0 Å². The van der Waals surface area contributed by atoms with Gasteiger partial charge in [-0.3, -0.25) is 0 Å². The highest BCUT2D eigenvalue weighted by Gasteiger charge is 1.81. The number of rotatable bonds is 3. The van der Waals surface area contributed by atoms with Gasteiger partial charge in [0.1, 0.15) is 5.75 Å². The molecule has 0 aliphatic heterocycles. The summed E-state index contributed by atoms with van der Waals surface area (Å²) in [5.41, 5.74) is 2.44. The van der Waals surface area contributed by atoms with Crippen molar-refractivity contribution in [3.05, 3.63) is 114 Å². The highest BCUT2D eigenvalue weighted by atomic mass is 16.3. The van der Waals surface area contributed by atoms with Crippen molar-refractivity contribution in [1.29, 1.82) is 0 Å². The molecule has 0 saturated heterocycles. The highest BCUT2D eigenvalue weighted by Crippen LogP contribution is 2.04. The molecule has 0 aliphatic carbocycles. The molecule has 3 aromatic carbocycles. The van der Waals surface area contributed by atoms with Gasteiger partial charge < -0.3 is 5.11 Å². The van der Waals surface area contributed by atoms with E-state index in [1.54, 1.807) is 24.3 Å². The van der Waals surface area contributed by atoms with Crippen molar-refractivity contribution in [2.24, 2.45) is 0 Å². The van der Waals surface area contributed by atoms with Gasteiger partial charge in [-0.25, -0.2) is 0 Å². The Morgan fingerprint density at radius 3 is 1.13 bits per heavy atom. The molecule has 0 heterocycles. The monoisotopic (exact) mass is 300 g/mol. The van der Waals surface area contributed by atoms with Crippen LogP contribution in [-0.4, -0.2) is 5.11 Å². The molecule has 3 aromatic rings. The highest BCUT2D eigenvalue weighted by molar-refractivity contribution is 5.56. The first-order valence-corrected chi connectivity index (χ1v) is 7.53. The number of phenols is 1. The Hall–Kier alpha value is -3.06. The van der Waals surface area contributed by atoms with Gasteiger partial charge in [-0.05, 0) is 23.3 Å². The summed E-state index contributed by atoms with van der Waals surface area (Å²) in [6.07, 6.45) is 8.31. The van der Waals surface area contributed by atoms with E-state index in [1.807, 2.05) is 42.5 Å². The number of para-hydroxylation sites is 1. The van der Waals surface area contributed by atoms with Gasteiger partial charge in [-0.1, -0.05) is 103 Å². The SMILES string of the molecule is C(/C=C/c1ccccc1)=C\c1ccccc1.Oc1ccccc1. The van der Waals surface area contributed by atoms with Crippen LogP contribution in [0.3, 0.4) is 0 Å². The molecule has 0 fully saturated rings. The van der Waals surface area contributed by atoms with Crippen molar-refractivity contribution in [1.82, 2.24) is 0 Å². The predicted molar refractivity (Wildman–Crippen MR) is 99.1 cm³/mol. The van der Waals surface area contributed by atoms with Gasteiger partial charge >= 0.3 is 0 Å². The van der Waals surface area contributed by atoms with Gasteiger partial charge in [0, 0.05) is 0 Å². The Kier molecular flexibility index (Phi) is 6.95. The Bertz CT molecular complexity index is 666. The summed E-state index contributed by atoms with van der Waals surface area (Å²) in [6, 6.07) is 29.3. The summed E-state index contributed by atoms with van der Waals surface area (Å²) in [4.78, 5) is 0. The van der Waals surface area contributed by atoms with Crippen LogP contribution in [0.25, 0.3) is 12.2 Å². The largest absolute Gasteiger partial charge is 0.508 e. The molecule has 0 spiro atoms. The van der Waals surface area contributed by atoms with E-state index in [9.17, 15) is 0 Å². The van der Waals surface area contributed by atoms with E-state index in [0.29, 0.717) is 5.75 Å². The lowest BCUT2D eigenvalue weighted by Gasteiger charge is -1.90. The van der Waals surface area contributed by atoms with Gasteiger partial charge in [0.2, 0.25) is 0 Å². The number of benzene rings is 3. The molecule has 0 amide bonds. The second-order valence-electron chi connectivity index (χ2n) is 4.88. The van der Waals surface area contributed by atoms with Crippen LogP contribution in [0.5, 0.6) is 5.75 Å². The first-order valence-electron chi connectivity index (χ1n) is 7.53. The van der Waals surface area contributed by atoms with Gasteiger partial charge in [-0.15, -0.1) is 0 Å². The van der Waals surface area contributed by atoms with Crippen LogP contribution in [0.1, 0.15) is 11.1 Å². The first-order chi connectivity index (χ1) is 11.3. The van der Waals surface area contributed by atoms with Crippen LogP contribution in [0.4, 0.5) is 0 Å². The number of phenolic OH excluding ortho intramolecular Hbond substituents is 1. The van der Waals surface area contributed by atoms with E-state index >= 15 is 0 Å². The maximum atomic E-state index is 8.63. The molecule has 1 nitrogen and oxygen atoms in total. The predicted octanol–water partition coefficient (Wildman–Crippen LogP) is 5.81. The van der Waals surface area contributed by atoms with Crippen molar-refractivity contribution in [2.45, 2.75) is 0 Å². The lowest BCUT2D eigenvalue weighted by Crippen LogP contribution is -1.68. The van der Waals surface area contributed by atoms with E-state index in [4.69, 9.17) is 5.11 Å². The quantitative estimate of drug-likeness (QED) is 0.605. The van der Waals surface area contributed by atoms with Crippen LogP contribution in [0.15, 0.2) is 103 Å². The topological polar surface area (TPSA) is 20.2 Å². The molecule has 0 saturated carbocycles. The third kappa shape index (κ3) is 6.96. The fraction of sp³-hybridized carbons (Fsp3) is 0. The molecule has 0 aromatic heterocycles. The van der Waals surface area contributed by atoms with Crippen LogP contribution in [0, 0.1) is 0 Å². The average molecular weight is 300 g/mol. The Balaban J connectivity index is 0.000000229. The summed E-state index contributed by atoms with van der Waals surface area (Å²) >= 11 is 0. The van der Waals surface area contributed by atoms with Crippen molar-refractivity contribution in [3.63, 3.8) is 0 Å². The molecule has 1 heteroatoms. The normalized spacial score (nSPS) is 10.4. The summed E-state index contributed by atoms with van der Waals surface area (Å²) in [5, 5.41) is 8.63. The Labute approximate surface area is 137 Å². The van der Waals surface area contributed by atoms with Gasteiger partial charge in [0.25, 0.3) is 0 Å². The van der Waals surface area contributed by atoms with Crippen molar-refractivity contribution < 1.29 is 5.11 Å². The molecule has 3 rings (SSSR count). The van der Waals surface area contributed by atoms with E-state index in [1.165, 1.54) is 11.1 Å². The zero-order valence-corrected chi connectivity index (χ0v) is 12.9. The summed E-state index contributed by atoms with van der Waals surface area (Å²) in [5.74, 6) is 0.322. The average Bonchev–Trinajstić information content (AvgIpc) is 2.62. The summed E-state index contributed by atoms with van der Waals surface area (Å²) < 4.78 is 0. The third-order valence-corrected chi connectivity index (χ3v) is 3.04. The standard InChI is InChI=1S/C16H14.C6H6O/c1-3-9-15(10-4-1)13-7-8-14-16-11-5-2-6-12-16;7-6-4-2-1-3-5-6/h1-14H;1-5,7H/b13-7+,14-8+;. The lowest BCUT2D eigenvalue weighted by atomic mass is 10.2. The molecular formula is C22H20O. The molecule has 0 unspecified atom stereocenters. The van der Waals surface area contributed by atoms with Crippen LogP contribution in [0.2, 0.25) is 0 Å². The molecule has 114 valence electrons. The van der Waals surface area contributed by atoms with Crippen LogP contribution in [-0.2, 0) is 0 Å². The molecule has 0 radical (unpaired) electrons.